The lowest BCUT2D eigenvalue weighted by Crippen LogP contribution is -2.13. The van der Waals surface area contributed by atoms with Crippen molar-refractivity contribution in [1.82, 2.24) is 4.98 Å². The minimum absolute atomic E-state index is 0.583. The quantitative estimate of drug-likeness (QED) is 0.770. The van der Waals surface area contributed by atoms with E-state index in [-0.39, 0.29) is 0 Å². The topological polar surface area (TPSA) is 24.9 Å². The van der Waals surface area contributed by atoms with Gasteiger partial charge >= 0.3 is 0 Å². The number of hydrogen-bond donors (Lipinski definition) is 1. The Balaban J connectivity index is 0.000000581. The van der Waals surface area contributed by atoms with Gasteiger partial charge in [-0.15, -0.1) is 0 Å². The molecule has 1 N–H and O–H groups in total. The summed E-state index contributed by atoms with van der Waals surface area (Å²) in [5.41, 5.74) is 2.74. The lowest BCUT2D eigenvalue weighted by atomic mass is 10.00. The fourth-order valence-corrected chi connectivity index (χ4v) is 1.68. The van der Waals surface area contributed by atoms with E-state index in [2.05, 4.69) is 30.2 Å². The van der Waals surface area contributed by atoms with E-state index in [9.17, 15) is 0 Å². The summed E-state index contributed by atoms with van der Waals surface area (Å²) in [6.07, 6.45) is 4.40. The molecule has 0 fully saturated rings. The van der Waals surface area contributed by atoms with E-state index in [4.69, 9.17) is 0 Å². The minimum Gasteiger partial charge on any atom is -0.370 e. The van der Waals surface area contributed by atoms with Crippen molar-refractivity contribution in [3.8, 4) is 0 Å². The number of nitrogens with one attached hydrogen (secondary N) is 1. The van der Waals surface area contributed by atoms with E-state index < -0.39 is 0 Å². The van der Waals surface area contributed by atoms with Crippen LogP contribution in [0.5, 0.6) is 0 Å². The second kappa shape index (κ2) is 9.03. The molecule has 98 valence electrons. The van der Waals surface area contributed by atoms with Crippen molar-refractivity contribution in [1.29, 1.82) is 0 Å². The number of anilines is 1. The van der Waals surface area contributed by atoms with Gasteiger partial charge in [-0.3, -0.25) is 0 Å². The van der Waals surface area contributed by atoms with Crippen LogP contribution in [0.15, 0.2) is 12.3 Å². The Morgan fingerprint density at radius 3 is 2.41 bits per heavy atom. The van der Waals surface area contributed by atoms with E-state index in [0.29, 0.717) is 5.92 Å². The molecular weight excluding hydrogens is 208 g/mol. The molecule has 0 saturated carbocycles. The number of fused-ring (bicyclic) bond motifs is 1. The molecule has 0 saturated heterocycles. The molecule has 1 aromatic heterocycles. The fourth-order valence-electron chi connectivity index (χ4n) is 1.68. The van der Waals surface area contributed by atoms with Crippen LogP contribution in [0.2, 0.25) is 0 Å². The highest BCUT2D eigenvalue weighted by Crippen LogP contribution is 2.23. The van der Waals surface area contributed by atoms with Gasteiger partial charge in [0.15, 0.2) is 0 Å². The molecule has 1 aliphatic heterocycles. The van der Waals surface area contributed by atoms with Gasteiger partial charge in [-0.2, -0.15) is 0 Å². The van der Waals surface area contributed by atoms with Gasteiger partial charge in [-0.1, -0.05) is 47.6 Å². The van der Waals surface area contributed by atoms with Crippen LogP contribution in [0.3, 0.4) is 0 Å². The van der Waals surface area contributed by atoms with E-state index in [1.807, 2.05) is 33.9 Å². The third-order valence-corrected chi connectivity index (χ3v) is 2.57. The molecule has 2 nitrogen and oxygen atoms in total. The van der Waals surface area contributed by atoms with Gasteiger partial charge < -0.3 is 5.32 Å². The van der Waals surface area contributed by atoms with E-state index in [1.54, 1.807) is 0 Å². The molecule has 0 atom stereocenters. The molecule has 2 heterocycles. The normalized spacial score (nSPS) is 12.4. The predicted molar refractivity (Wildman–Crippen MR) is 77.8 cm³/mol. The number of aryl methyl sites for hydroxylation is 1. The Morgan fingerprint density at radius 1 is 1.18 bits per heavy atom. The molecule has 0 spiro atoms. The maximum Gasteiger partial charge on any atom is 0.129 e. The first-order chi connectivity index (χ1) is 8.27. The van der Waals surface area contributed by atoms with Crippen molar-refractivity contribution in [3.05, 3.63) is 23.4 Å². The average Bonchev–Trinajstić information content (AvgIpc) is 2.42. The molecule has 0 amide bonds. The molecular formula is C15H28N2. The van der Waals surface area contributed by atoms with Gasteiger partial charge in [0, 0.05) is 12.7 Å². The second-order valence-corrected chi connectivity index (χ2v) is 3.96. The van der Waals surface area contributed by atoms with Crippen molar-refractivity contribution >= 4 is 5.82 Å². The van der Waals surface area contributed by atoms with Crippen molar-refractivity contribution in [3.63, 3.8) is 0 Å². The number of rotatable bonds is 1. The van der Waals surface area contributed by atoms with Crippen LogP contribution in [0.25, 0.3) is 0 Å². The van der Waals surface area contributed by atoms with Crippen LogP contribution in [-0.2, 0) is 6.42 Å². The summed E-state index contributed by atoms with van der Waals surface area (Å²) in [7, 11) is 0. The van der Waals surface area contributed by atoms with Gasteiger partial charge in [0.05, 0.1) is 0 Å². The summed E-state index contributed by atoms with van der Waals surface area (Å²) in [5, 5.41) is 3.32. The summed E-state index contributed by atoms with van der Waals surface area (Å²) < 4.78 is 0. The summed E-state index contributed by atoms with van der Waals surface area (Å²) in [4.78, 5) is 4.43. The standard InChI is InChI=1S/C11H16N2.2C2H6/c1-8(2)10-6-9-4-3-5-12-11(9)13-7-10;2*1-2/h6-8H,3-5H2,1-2H3,(H,12,13);2*1-2H3. The van der Waals surface area contributed by atoms with Crippen LogP contribution >= 0.6 is 0 Å². The maximum atomic E-state index is 4.43. The number of pyridine rings is 1. The number of nitrogens with zero attached hydrogens (tertiary/aromatic N) is 1. The zero-order valence-electron chi connectivity index (χ0n) is 12.3. The molecule has 1 aromatic rings. The Bertz CT molecular complexity index is 306. The van der Waals surface area contributed by atoms with Gasteiger partial charge in [-0.25, -0.2) is 4.98 Å². The number of hydrogen-bond acceptors (Lipinski definition) is 2. The highest BCUT2D eigenvalue weighted by atomic mass is 15.0. The van der Waals surface area contributed by atoms with E-state index >= 15 is 0 Å². The molecule has 17 heavy (non-hydrogen) atoms. The fraction of sp³-hybridized carbons (Fsp3) is 0.667. The molecule has 2 rings (SSSR count). The lowest BCUT2D eigenvalue weighted by Gasteiger charge is -2.18. The van der Waals surface area contributed by atoms with Gasteiger partial charge in [-0.05, 0) is 29.9 Å². The molecule has 0 aliphatic carbocycles. The first-order valence-corrected chi connectivity index (χ1v) is 7.00. The highest BCUT2D eigenvalue weighted by Gasteiger charge is 2.10. The van der Waals surface area contributed by atoms with Gasteiger partial charge in [0.1, 0.15) is 5.82 Å². The Hall–Kier alpha value is -1.05. The largest absolute Gasteiger partial charge is 0.370 e. The maximum absolute atomic E-state index is 4.43. The zero-order chi connectivity index (χ0) is 13.3. The Morgan fingerprint density at radius 2 is 1.82 bits per heavy atom. The predicted octanol–water partition coefficient (Wildman–Crippen LogP) is 4.62. The zero-order valence-corrected chi connectivity index (χ0v) is 12.3. The summed E-state index contributed by atoms with van der Waals surface area (Å²) in [6, 6.07) is 2.29. The van der Waals surface area contributed by atoms with Crippen molar-refractivity contribution in [2.45, 2.75) is 60.3 Å². The summed E-state index contributed by atoms with van der Waals surface area (Å²) in [6.45, 7) is 13.5. The molecule has 0 unspecified atom stereocenters. The van der Waals surface area contributed by atoms with Crippen LogP contribution in [0.4, 0.5) is 5.82 Å². The van der Waals surface area contributed by atoms with E-state index in [0.717, 1.165) is 12.4 Å². The van der Waals surface area contributed by atoms with Crippen LogP contribution in [0.1, 0.15) is 65.0 Å². The average molecular weight is 236 g/mol. The smallest absolute Gasteiger partial charge is 0.129 e. The molecule has 2 heteroatoms. The first kappa shape index (κ1) is 16.0. The van der Waals surface area contributed by atoms with Crippen LogP contribution < -0.4 is 5.32 Å². The number of aromatic nitrogens is 1. The summed E-state index contributed by atoms with van der Waals surface area (Å²) >= 11 is 0. The third kappa shape index (κ3) is 4.76. The Labute approximate surface area is 107 Å². The van der Waals surface area contributed by atoms with E-state index in [1.165, 1.54) is 24.0 Å². The molecule has 0 aromatic carbocycles. The second-order valence-electron chi connectivity index (χ2n) is 3.96. The highest BCUT2D eigenvalue weighted by molar-refractivity contribution is 5.47. The SMILES string of the molecule is CC.CC.CC(C)c1cnc2c(c1)CCCN2. The first-order valence-electron chi connectivity index (χ1n) is 7.00. The molecule has 0 radical (unpaired) electrons. The molecule has 1 aliphatic rings. The molecule has 0 bridgehead atoms. The van der Waals surface area contributed by atoms with Crippen molar-refractivity contribution in [2.75, 3.05) is 11.9 Å². The summed E-state index contributed by atoms with van der Waals surface area (Å²) in [5.74, 6) is 1.68. The van der Waals surface area contributed by atoms with Crippen LogP contribution in [-0.4, -0.2) is 11.5 Å². The third-order valence-electron chi connectivity index (χ3n) is 2.57. The minimum atomic E-state index is 0.583. The van der Waals surface area contributed by atoms with Crippen LogP contribution in [0, 0.1) is 0 Å². The monoisotopic (exact) mass is 236 g/mol. The van der Waals surface area contributed by atoms with Crippen molar-refractivity contribution in [2.24, 2.45) is 0 Å². The van der Waals surface area contributed by atoms with Crippen molar-refractivity contribution < 1.29 is 0 Å². The Kier molecular flexibility index (Phi) is 8.47. The van der Waals surface area contributed by atoms with Gasteiger partial charge in [0.25, 0.3) is 0 Å². The lowest BCUT2D eigenvalue weighted by molar-refractivity contribution is 0.798. The van der Waals surface area contributed by atoms with Gasteiger partial charge in [0.2, 0.25) is 0 Å².